The van der Waals surface area contributed by atoms with E-state index in [0.29, 0.717) is 18.9 Å². The molecule has 1 saturated carbocycles. The molecule has 9 heteroatoms. The minimum absolute atomic E-state index is 0.0821. The molecule has 1 aliphatic carbocycles. The van der Waals surface area contributed by atoms with Gasteiger partial charge in [0.1, 0.15) is 11.2 Å². The van der Waals surface area contributed by atoms with Crippen LogP contribution >= 0.6 is 0 Å². The van der Waals surface area contributed by atoms with Crippen molar-refractivity contribution in [3.63, 3.8) is 0 Å². The number of aliphatic hydroxyl groups excluding tert-OH is 1. The molecule has 1 aromatic rings. The van der Waals surface area contributed by atoms with Gasteiger partial charge in [-0.25, -0.2) is 13.1 Å². The second-order valence-corrected chi connectivity index (χ2v) is 13.8. The zero-order valence-electron chi connectivity index (χ0n) is 23.1. The van der Waals surface area contributed by atoms with Crippen molar-refractivity contribution in [1.82, 2.24) is 4.72 Å². The number of carbonyl (C=O) groups is 2. The van der Waals surface area contributed by atoms with Crippen LogP contribution in [0.2, 0.25) is 0 Å². The van der Waals surface area contributed by atoms with Gasteiger partial charge in [-0.2, -0.15) is 0 Å². The molecular formula is C26H45NO7S. The minimum atomic E-state index is -3.49. The van der Waals surface area contributed by atoms with E-state index in [1.807, 2.05) is 74.4 Å². The van der Waals surface area contributed by atoms with Gasteiger partial charge in [-0.1, -0.05) is 26.0 Å². The molecule has 1 aromatic carbocycles. The summed E-state index contributed by atoms with van der Waals surface area (Å²) in [7, 11) is -3.49. The molecule has 0 radical (unpaired) electrons. The van der Waals surface area contributed by atoms with Crippen molar-refractivity contribution >= 4 is 23.0 Å². The summed E-state index contributed by atoms with van der Waals surface area (Å²) in [6.45, 7) is 21.7. The van der Waals surface area contributed by atoms with Gasteiger partial charge in [-0.05, 0) is 97.3 Å². The van der Waals surface area contributed by atoms with Gasteiger partial charge in [-0.15, -0.1) is 0 Å². The maximum atomic E-state index is 12.2. The van der Waals surface area contributed by atoms with Crippen molar-refractivity contribution in [3.8, 4) is 0 Å². The van der Waals surface area contributed by atoms with Gasteiger partial charge in [-0.3, -0.25) is 9.59 Å². The molecule has 0 spiro atoms. The number of aliphatic hydroxyl groups is 1. The Kier molecular flexibility index (Phi) is 11.6. The zero-order valence-corrected chi connectivity index (χ0v) is 23.9. The third-order valence-electron chi connectivity index (χ3n) is 5.04. The maximum absolute atomic E-state index is 12.2. The highest BCUT2D eigenvalue weighted by Crippen LogP contribution is 2.64. The smallest absolute Gasteiger partial charge is 0.293 e. The molecule has 1 fully saturated rings. The molecule has 0 amide bonds. The van der Waals surface area contributed by atoms with E-state index in [-0.39, 0.29) is 34.0 Å². The summed E-state index contributed by atoms with van der Waals surface area (Å²) in [5.74, 6) is 0.558. The molecule has 0 bridgehead atoms. The Morgan fingerprint density at radius 1 is 0.886 bits per heavy atom. The number of carbonyl (C=O) groups excluding carboxylic acids is 2. The van der Waals surface area contributed by atoms with Crippen LogP contribution < -0.4 is 4.72 Å². The predicted molar refractivity (Wildman–Crippen MR) is 137 cm³/mol. The quantitative estimate of drug-likeness (QED) is 0.539. The van der Waals surface area contributed by atoms with Gasteiger partial charge in [0.05, 0.1) is 4.90 Å². The van der Waals surface area contributed by atoms with E-state index < -0.39 is 15.6 Å². The molecule has 0 aliphatic heterocycles. The van der Waals surface area contributed by atoms with Gasteiger partial charge in [0.25, 0.3) is 12.9 Å². The molecule has 0 saturated heterocycles. The summed E-state index contributed by atoms with van der Waals surface area (Å²) in [4.78, 5) is 19.5. The summed E-state index contributed by atoms with van der Waals surface area (Å²) in [5, 5.41) is 9.38. The third-order valence-corrected chi connectivity index (χ3v) is 6.81. The van der Waals surface area contributed by atoms with Crippen molar-refractivity contribution < 1.29 is 32.6 Å². The molecule has 1 aliphatic rings. The van der Waals surface area contributed by atoms with Gasteiger partial charge < -0.3 is 14.6 Å². The molecule has 2 rings (SSSR count). The van der Waals surface area contributed by atoms with Crippen LogP contribution in [0.3, 0.4) is 0 Å². The van der Waals surface area contributed by atoms with E-state index >= 15 is 0 Å². The van der Waals surface area contributed by atoms with Crippen molar-refractivity contribution in [2.75, 3.05) is 6.61 Å². The summed E-state index contributed by atoms with van der Waals surface area (Å²) in [6.07, 6.45) is 0. The molecule has 202 valence electrons. The highest BCUT2D eigenvalue weighted by molar-refractivity contribution is 7.89. The second-order valence-electron chi connectivity index (χ2n) is 12.2. The van der Waals surface area contributed by atoms with Crippen LogP contribution in [-0.2, 0) is 29.1 Å². The highest BCUT2D eigenvalue weighted by Gasteiger charge is 2.57. The lowest BCUT2D eigenvalue weighted by atomic mass is 10.0. The first-order valence-electron chi connectivity index (χ1n) is 11.6. The van der Waals surface area contributed by atoms with Gasteiger partial charge >= 0.3 is 0 Å². The fourth-order valence-corrected chi connectivity index (χ4v) is 4.77. The highest BCUT2D eigenvalue weighted by atomic mass is 32.2. The predicted octanol–water partition coefficient (Wildman–Crippen LogP) is 4.41. The SMILES string of the molecule is CC(C)(C)NS(=O)(=O)c1ccc([C@H]2[C@H](CO)C2(C)C)cc1.CC(C)(C)OC=O.CC(C)(C)OC=O. The third kappa shape index (κ3) is 12.5. The van der Waals surface area contributed by atoms with Gasteiger partial charge in [0, 0.05) is 12.1 Å². The zero-order chi connectivity index (χ0) is 27.9. The summed E-state index contributed by atoms with van der Waals surface area (Å²) in [6, 6.07) is 7.01. The number of rotatable bonds is 6. The first-order valence-corrected chi connectivity index (χ1v) is 13.1. The number of ether oxygens (including phenoxy) is 2. The Morgan fingerprint density at radius 3 is 1.51 bits per heavy atom. The van der Waals surface area contributed by atoms with Crippen molar-refractivity contribution in [3.05, 3.63) is 29.8 Å². The fourth-order valence-electron chi connectivity index (χ4n) is 3.35. The van der Waals surface area contributed by atoms with Crippen molar-refractivity contribution in [1.29, 1.82) is 0 Å². The molecule has 8 nitrogen and oxygen atoms in total. The monoisotopic (exact) mass is 515 g/mol. The topological polar surface area (TPSA) is 119 Å². The average Bonchev–Trinajstić information content (AvgIpc) is 3.19. The molecular weight excluding hydrogens is 470 g/mol. The molecule has 35 heavy (non-hydrogen) atoms. The Bertz CT molecular complexity index is 883. The standard InChI is InChI=1S/C16H25NO3S.2C5H10O2/c1-15(2,3)17-21(19,20)12-8-6-11(7-9-12)14-13(10-18)16(14,4)5;2*1-5(2,3)7-4-6/h6-9,13-14,17-18H,10H2,1-5H3;2*4H,1-3H3/t13-,14-;;/m0../s1. The van der Waals surface area contributed by atoms with Gasteiger partial charge in [0.2, 0.25) is 10.0 Å². The van der Waals surface area contributed by atoms with E-state index in [2.05, 4.69) is 28.0 Å². The lowest BCUT2D eigenvalue weighted by molar-refractivity contribution is -0.139. The maximum Gasteiger partial charge on any atom is 0.293 e. The van der Waals surface area contributed by atoms with Crippen LogP contribution in [-0.4, -0.2) is 49.8 Å². The lowest BCUT2D eigenvalue weighted by Crippen LogP contribution is -2.40. The first kappa shape index (κ1) is 33.0. The normalized spacial score (nSPS) is 19.2. The lowest BCUT2D eigenvalue weighted by Gasteiger charge is -2.20. The minimum Gasteiger partial charge on any atom is -0.462 e. The van der Waals surface area contributed by atoms with Gasteiger partial charge in [0.15, 0.2) is 0 Å². The van der Waals surface area contributed by atoms with E-state index in [9.17, 15) is 23.1 Å². The summed E-state index contributed by atoms with van der Waals surface area (Å²) >= 11 is 0. The largest absolute Gasteiger partial charge is 0.462 e. The first-order chi connectivity index (χ1) is 15.6. The summed E-state index contributed by atoms with van der Waals surface area (Å²) < 4.78 is 36.2. The average molecular weight is 516 g/mol. The molecule has 2 atom stereocenters. The van der Waals surface area contributed by atoms with Crippen LogP contribution in [0, 0.1) is 11.3 Å². The number of hydrogen-bond acceptors (Lipinski definition) is 7. The number of sulfonamides is 1. The number of benzene rings is 1. The van der Waals surface area contributed by atoms with E-state index in [1.54, 1.807) is 12.1 Å². The van der Waals surface area contributed by atoms with Crippen LogP contribution in [0.5, 0.6) is 0 Å². The molecule has 2 N–H and O–H groups in total. The van der Waals surface area contributed by atoms with E-state index in [0.717, 1.165) is 5.56 Å². The van der Waals surface area contributed by atoms with E-state index in [1.165, 1.54) is 0 Å². The van der Waals surface area contributed by atoms with Crippen molar-refractivity contribution in [2.45, 2.75) is 104 Å². The molecule has 0 heterocycles. The van der Waals surface area contributed by atoms with Crippen LogP contribution in [0.25, 0.3) is 0 Å². The molecule has 0 unspecified atom stereocenters. The van der Waals surface area contributed by atoms with Crippen LogP contribution in [0.15, 0.2) is 29.2 Å². The molecule has 0 aromatic heterocycles. The number of nitrogens with one attached hydrogen (secondary N) is 1. The Morgan fingerprint density at radius 2 is 1.29 bits per heavy atom. The van der Waals surface area contributed by atoms with Crippen LogP contribution in [0.4, 0.5) is 0 Å². The summed E-state index contributed by atoms with van der Waals surface area (Å²) in [5.41, 5.74) is 0.0362. The Hall–Kier alpha value is -1.97. The second kappa shape index (κ2) is 12.3. The Labute approximate surface area is 211 Å². The van der Waals surface area contributed by atoms with E-state index in [4.69, 9.17) is 0 Å². The number of hydrogen-bond donors (Lipinski definition) is 2. The van der Waals surface area contributed by atoms with Crippen molar-refractivity contribution in [2.24, 2.45) is 11.3 Å². The van der Waals surface area contributed by atoms with Crippen LogP contribution in [0.1, 0.15) is 87.6 Å². The Balaban J connectivity index is 0.000000680. The fraction of sp³-hybridized carbons (Fsp3) is 0.692.